The molecule has 0 aliphatic rings. The number of rotatable bonds is 35. The Morgan fingerprint density at radius 2 is 1.11 bits per heavy atom. The number of esters is 2. The number of carbonyl (C=O) groups is 2. The van der Waals surface area contributed by atoms with Crippen LogP contribution in [0.4, 0.5) is 0 Å². The van der Waals surface area contributed by atoms with E-state index >= 15 is 0 Å². The highest BCUT2D eigenvalue weighted by Gasteiger charge is 2.28. The van der Waals surface area contributed by atoms with Crippen molar-refractivity contribution in [3.05, 3.63) is 0 Å². The average Bonchev–Trinajstić information content (AvgIpc) is 3.04. The van der Waals surface area contributed by atoms with E-state index in [0.29, 0.717) is 19.6 Å². The maximum Gasteiger partial charge on any atom is 0.311 e. The largest absolute Gasteiger partial charge is 0.466 e. The number of hydrogen-bond acceptors (Lipinski definition) is 6. The fourth-order valence-electron chi connectivity index (χ4n) is 6.23. The standard InChI is InChI=1S/C40H79NO5/c1-6-9-10-11-12-14-22-29-38(43)45-35-26-19-13-17-24-31-41(33-34-42)32-25-18-16-23-30-40(4,5)39(44)46-36-27-20-15-21-28-37(7-2)8-3/h37,42H,6-36H2,1-5H3. The van der Waals surface area contributed by atoms with E-state index in [4.69, 9.17) is 9.47 Å². The second-order valence-electron chi connectivity index (χ2n) is 14.5. The summed E-state index contributed by atoms with van der Waals surface area (Å²) >= 11 is 0. The van der Waals surface area contributed by atoms with Crippen LogP contribution >= 0.6 is 0 Å². The van der Waals surface area contributed by atoms with Gasteiger partial charge in [-0.1, -0.05) is 136 Å². The molecule has 0 saturated heterocycles. The topological polar surface area (TPSA) is 76.1 Å². The molecule has 0 aromatic heterocycles. The third-order valence-corrected chi connectivity index (χ3v) is 9.76. The smallest absolute Gasteiger partial charge is 0.311 e. The van der Waals surface area contributed by atoms with Gasteiger partial charge in [-0.05, 0) is 71.4 Å². The Hall–Kier alpha value is -1.14. The summed E-state index contributed by atoms with van der Waals surface area (Å²) in [6, 6.07) is 0. The number of nitrogens with zero attached hydrogens (tertiary/aromatic N) is 1. The summed E-state index contributed by atoms with van der Waals surface area (Å²) in [5.74, 6) is 0.802. The fraction of sp³-hybridized carbons (Fsp3) is 0.950. The monoisotopic (exact) mass is 654 g/mol. The quantitative estimate of drug-likeness (QED) is 0.0542. The number of carbonyl (C=O) groups excluding carboxylic acids is 2. The van der Waals surface area contributed by atoms with Crippen LogP contribution in [-0.4, -0.2) is 61.4 Å². The Labute approximate surface area is 286 Å². The van der Waals surface area contributed by atoms with Crippen molar-refractivity contribution >= 4 is 11.9 Å². The molecule has 0 spiro atoms. The van der Waals surface area contributed by atoms with Crippen LogP contribution in [0.1, 0.15) is 195 Å². The molecule has 6 heteroatoms. The minimum Gasteiger partial charge on any atom is -0.466 e. The van der Waals surface area contributed by atoms with Crippen LogP contribution < -0.4 is 0 Å². The molecule has 0 radical (unpaired) electrons. The number of ether oxygens (including phenoxy) is 2. The van der Waals surface area contributed by atoms with Crippen LogP contribution in [0.2, 0.25) is 0 Å². The number of unbranched alkanes of at least 4 members (excludes halogenated alkanes) is 16. The summed E-state index contributed by atoms with van der Waals surface area (Å²) in [6.45, 7) is 15.0. The molecule has 0 amide bonds. The van der Waals surface area contributed by atoms with Crippen LogP contribution in [0.15, 0.2) is 0 Å². The Kier molecular flexibility index (Phi) is 31.6. The summed E-state index contributed by atoms with van der Waals surface area (Å²) in [6.07, 6.45) is 28.6. The van der Waals surface area contributed by atoms with Gasteiger partial charge in [0, 0.05) is 13.0 Å². The predicted molar refractivity (Wildman–Crippen MR) is 195 cm³/mol. The molecule has 0 rings (SSSR count). The molecule has 0 unspecified atom stereocenters. The Morgan fingerprint density at radius 1 is 0.609 bits per heavy atom. The Bertz CT molecular complexity index is 679. The molecular formula is C40H79NO5. The van der Waals surface area contributed by atoms with E-state index in [2.05, 4.69) is 25.7 Å². The highest BCUT2D eigenvalue weighted by atomic mass is 16.5. The molecule has 0 aromatic carbocycles. The molecule has 0 aromatic rings. The van der Waals surface area contributed by atoms with Crippen LogP contribution in [0.5, 0.6) is 0 Å². The van der Waals surface area contributed by atoms with E-state index in [9.17, 15) is 14.7 Å². The normalized spacial score (nSPS) is 11.9. The number of aliphatic hydroxyl groups excluding tert-OH is 1. The number of hydrogen-bond donors (Lipinski definition) is 1. The average molecular weight is 654 g/mol. The minimum absolute atomic E-state index is 0.0291. The van der Waals surface area contributed by atoms with Crippen molar-refractivity contribution in [1.82, 2.24) is 4.90 Å². The molecule has 0 heterocycles. The second kappa shape index (κ2) is 32.4. The lowest BCUT2D eigenvalue weighted by molar-refractivity contribution is -0.154. The van der Waals surface area contributed by atoms with Crippen molar-refractivity contribution in [1.29, 1.82) is 0 Å². The Balaban J connectivity index is 3.78. The molecule has 0 aliphatic heterocycles. The lowest BCUT2D eigenvalue weighted by Gasteiger charge is -2.23. The first-order valence-corrected chi connectivity index (χ1v) is 20.0. The van der Waals surface area contributed by atoms with Gasteiger partial charge in [-0.25, -0.2) is 0 Å². The molecule has 0 saturated carbocycles. The van der Waals surface area contributed by atoms with Crippen molar-refractivity contribution in [3.63, 3.8) is 0 Å². The van der Waals surface area contributed by atoms with E-state index in [-0.39, 0.29) is 18.5 Å². The van der Waals surface area contributed by atoms with Crippen LogP contribution in [0.25, 0.3) is 0 Å². The van der Waals surface area contributed by atoms with Crippen molar-refractivity contribution in [2.45, 2.75) is 195 Å². The van der Waals surface area contributed by atoms with Crippen molar-refractivity contribution in [2.75, 3.05) is 39.5 Å². The van der Waals surface area contributed by atoms with Gasteiger partial charge in [0.25, 0.3) is 0 Å². The fourth-order valence-corrected chi connectivity index (χ4v) is 6.23. The van der Waals surface area contributed by atoms with E-state index in [0.717, 1.165) is 103 Å². The van der Waals surface area contributed by atoms with Gasteiger partial charge in [0.05, 0.1) is 25.2 Å². The lowest BCUT2D eigenvalue weighted by Crippen LogP contribution is -2.29. The zero-order valence-corrected chi connectivity index (χ0v) is 31.5. The first-order chi connectivity index (χ1) is 22.3. The molecule has 46 heavy (non-hydrogen) atoms. The van der Waals surface area contributed by atoms with Crippen molar-refractivity contribution in [3.8, 4) is 0 Å². The Morgan fingerprint density at radius 3 is 1.70 bits per heavy atom. The van der Waals surface area contributed by atoms with Crippen molar-refractivity contribution in [2.24, 2.45) is 11.3 Å². The summed E-state index contributed by atoms with van der Waals surface area (Å²) < 4.78 is 11.0. The molecule has 6 nitrogen and oxygen atoms in total. The van der Waals surface area contributed by atoms with Crippen molar-refractivity contribution < 1.29 is 24.2 Å². The van der Waals surface area contributed by atoms with Gasteiger partial charge in [0.1, 0.15) is 0 Å². The summed E-state index contributed by atoms with van der Waals surface area (Å²) in [5, 5.41) is 9.50. The van der Waals surface area contributed by atoms with Gasteiger partial charge in [-0.3, -0.25) is 9.59 Å². The highest BCUT2D eigenvalue weighted by molar-refractivity contribution is 5.75. The minimum atomic E-state index is -0.409. The molecule has 0 bridgehead atoms. The lowest BCUT2D eigenvalue weighted by atomic mass is 9.87. The van der Waals surface area contributed by atoms with Gasteiger partial charge >= 0.3 is 11.9 Å². The molecule has 0 atom stereocenters. The molecule has 0 fully saturated rings. The second-order valence-corrected chi connectivity index (χ2v) is 14.5. The van der Waals surface area contributed by atoms with E-state index in [1.54, 1.807) is 0 Å². The molecular weight excluding hydrogens is 574 g/mol. The molecule has 0 aliphatic carbocycles. The van der Waals surface area contributed by atoms with Gasteiger partial charge in [-0.2, -0.15) is 0 Å². The SMILES string of the molecule is CCCCCCCCCC(=O)OCCCCCCCN(CCO)CCCCCCC(C)(C)C(=O)OCCCCCCC(CC)CC. The maximum absolute atomic E-state index is 12.6. The van der Waals surface area contributed by atoms with Crippen LogP contribution in [0, 0.1) is 11.3 Å². The summed E-state index contributed by atoms with van der Waals surface area (Å²) in [4.78, 5) is 26.9. The van der Waals surface area contributed by atoms with E-state index < -0.39 is 5.41 Å². The summed E-state index contributed by atoms with van der Waals surface area (Å²) in [5.41, 5.74) is -0.409. The van der Waals surface area contributed by atoms with Gasteiger partial charge in [0.15, 0.2) is 0 Å². The number of aliphatic hydroxyl groups is 1. The summed E-state index contributed by atoms with van der Waals surface area (Å²) in [7, 11) is 0. The maximum atomic E-state index is 12.6. The van der Waals surface area contributed by atoms with Gasteiger partial charge in [-0.15, -0.1) is 0 Å². The zero-order chi connectivity index (χ0) is 34.1. The molecule has 1 N–H and O–H groups in total. The van der Waals surface area contributed by atoms with Gasteiger partial charge < -0.3 is 19.5 Å². The van der Waals surface area contributed by atoms with Gasteiger partial charge in [0.2, 0.25) is 0 Å². The highest BCUT2D eigenvalue weighted by Crippen LogP contribution is 2.26. The van der Waals surface area contributed by atoms with Crippen LogP contribution in [-0.2, 0) is 19.1 Å². The zero-order valence-electron chi connectivity index (χ0n) is 31.5. The first-order valence-electron chi connectivity index (χ1n) is 20.0. The predicted octanol–water partition coefficient (Wildman–Crippen LogP) is 10.8. The van der Waals surface area contributed by atoms with Crippen LogP contribution in [0.3, 0.4) is 0 Å². The third-order valence-electron chi connectivity index (χ3n) is 9.76. The van der Waals surface area contributed by atoms with E-state index in [1.807, 2.05) is 13.8 Å². The third kappa shape index (κ3) is 27.9. The first kappa shape index (κ1) is 44.9. The van der Waals surface area contributed by atoms with E-state index in [1.165, 1.54) is 77.0 Å². The molecule has 274 valence electrons.